The van der Waals surface area contributed by atoms with Crippen molar-refractivity contribution < 1.29 is 0 Å². The van der Waals surface area contributed by atoms with Crippen molar-refractivity contribution >= 4 is 48.6 Å². The van der Waals surface area contributed by atoms with E-state index in [1.54, 1.807) is 0 Å². The molecule has 0 atom stereocenters. The van der Waals surface area contributed by atoms with Crippen molar-refractivity contribution in [2.24, 2.45) is 0 Å². The van der Waals surface area contributed by atoms with Crippen LogP contribution >= 0.6 is 11.3 Å². The van der Waals surface area contributed by atoms with Gasteiger partial charge in [0.2, 0.25) is 0 Å². The van der Waals surface area contributed by atoms with E-state index in [-0.39, 0.29) is 5.41 Å². The van der Waals surface area contributed by atoms with Gasteiger partial charge in [0.25, 0.3) is 0 Å². The molecule has 0 bridgehead atoms. The van der Waals surface area contributed by atoms with Gasteiger partial charge in [-0.1, -0.05) is 178 Å². The Morgan fingerprint density at radius 1 is 0.350 bits per heavy atom. The number of hydrogen-bond donors (Lipinski definition) is 0. The predicted octanol–water partition coefficient (Wildman–Crippen LogP) is 15.9. The van der Waals surface area contributed by atoms with Crippen molar-refractivity contribution in [2.45, 2.75) is 24.7 Å². The van der Waals surface area contributed by atoms with Gasteiger partial charge >= 0.3 is 0 Å². The molecule has 1 aromatic heterocycles. The average Bonchev–Trinajstić information content (AvgIpc) is 3.84. The molecule has 0 fully saturated rings. The fourth-order valence-corrected chi connectivity index (χ4v) is 11.8. The smallest absolute Gasteiger partial charge is 0.0719 e. The molecule has 1 nitrogen and oxygen atoms in total. The van der Waals surface area contributed by atoms with E-state index in [2.05, 4.69) is 231 Å². The van der Waals surface area contributed by atoms with Gasteiger partial charge in [0.1, 0.15) is 0 Å². The number of nitrogens with zero attached hydrogens (tertiary/aromatic N) is 1. The van der Waals surface area contributed by atoms with Crippen LogP contribution in [0.4, 0.5) is 17.1 Å². The molecule has 9 aromatic carbocycles. The quantitative estimate of drug-likeness (QED) is 0.168. The zero-order valence-electron chi connectivity index (χ0n) is 33.6. The first kappa shape index (κ1) is 35.0. The van der Waals surface area contributed by atoms with Crippen LogP contribution in [0.25, 0.3) is 53.6 Å². The normalized spacial score (nSPS) is 14.1. The van der Waals surface area contributed by atoms with E-state index in [1.165, 1.54) is 86.9 Å². The number of benzene rings is 9. The minimum absolute atomic E-state index is 0.261. The predicted molar refractivity (Wildman–Crippen MR) is 254 cm³/mol. The maximum atomic E-state index is 2.50. The minimum atomic E-state index is -0.431. The van der Waals surface area contributed by atoms with Crippen molar-refractivity contribution in [2.75, 3.05) is 4.90 Å². The molecule has 2 aliphatic rings. The second kappa shape index (κ2) is 13.3. The van der Waals surface area contributed by atoms with Crippen LogP contribution in [0.5, 0.6) is 0 Å². The Bertz CT molecular complexity index is 3250. The summed E-state index contributed by atoms with van der Waals surface area (Å²) in [5.74, 6) is 0. The maximum absolute atomic E-state index is 2.50. The van der Waals surface area contributed by atoms with Crippen LogP contribution in [0.2, 0.25) is 0 Å². The van der Waals surface area contributed by atoms with Crippen LogP contribution in [0, 0.1) is 0 Å². The van der Waals surface area contributed by atoms with E-state index in [4.69, 9.17) is 0 Å². The van der Waals surface area contributed by atoms with Gasteiger partial charge < -0.3 is 4.90 Å². The molecule has 0 N–H and O–H groups in total. The SMILES string of the molecule is CC1(C)c2ccccc2C2(c3ccccc3-c3ccccc32)c2ccc(N(c3ccc(-c4cccc5sc6ccccc6c45)cc3)c3cccc(-c4ccccc4)c3)cc21. The van der Waals surface area contributed by atoms with Gasteiger partial charge in [0.15, 0.2) is 0 Å². The summed E-state index contributed by atoms with van der Waals surface area (Å²) in [4.78, 5) is 2.46. The fraction of sp³-hybridized carbons (Fsp3) is 0.0690. The number of hydrogen-bond acceptors (Lipinski definition) is 2. The van der Waals surface area contributed by atoms with E-state index < -0.39 is 5.41 Å². The fourth-order valence-electron chi connectivity index (χ4n) is 10.7. The highest BCUT2D eigenvalue weighted by Gasteiger charge is 2.53. The third-order valence-corrected chi connectivity index (χ3v) is 14.5. The Balaban J connectivity index is 1.07. The van der Waals surface area contributed by atoms with Gasteiger partial charge in [0.05, 0.1) is 5.41 Å². The first-order chi connectivity index (χ1) is 29.5. The Morgan fingerprint density at radius 3 is 1.67 bits per heavy atom. The molecule has 284 valence electrons. The van der Waals surface area contributed by atoms with E-state index in [0.717, 1.165) is 17.1 Å². The molecule has 2 aliphatic carbocycles. The maximum Gasteiger partial charge on any atom is 0.0719 e. The third-order valence-electron chi connectivity index (χ3n) is 13.3. The summed E-state index contributed by atoms with van der Waals surface area (Å²) in [5.41, 5.74) is 18.4. The summed E-state index contributed by atoms with van der Waals surface area (Å²) in [6.07, 6.45) is 0. The topological polar surface area (TPSA) is 3.24 Å². The van der Waals surface area contributed by atoms with Gasteiger partial charge in [-0.15, -0.1) is 11.3 Å². The van der Waals surface area contributed by atoms with Crippen molar-refractivity contribution in [3.05, 3.63) is 246 Å². The zero-order valence-corrected chi connectivity index (χ0v) is 34.4. The molecule has 0 unspecified atom stereocenters. The molecular weight excluding hydrogens is 743 g/mol. The van der Waals surface area contributed by atoms with E-state index in [0.29, 0.717) is 0 Å². The molecule has 1 heterocycles. The van der Waals surface area contributed by atoms with Crippen LogP contribution in [0.15, 0.2) is 212 Å². The Kier molecular flexibility index (Phi) is 7.73. The van der Waals surface area contributed by atoms with Crippen LogP contribution in [0.3, 0.4) is 0 Å². The number of rotatable bonds is 5. The standard InChI is InChI=1S/C58H41NS/c1-57(2)50-26-11-12-27-51(50)58(48-24-9-6-20-45(48)46-21-7-10-25-49(46)58)52-35-34-43(37-53(52)57)59(42-19-14-18-40(36-42)38-16-4-3-5-17-38)41-32-30-39(31-33-41)44-23-15-29-55-56(44)47-22-8-13-28-54(47)60-55/h3-37H,1-2H3. The zero-order chi connectivity index (χ0) is 40.0. The molecule has 10 aromatic rings. The van der Waals surface area contributed by atoms with Crippen LogP contribution in [0.1, 0.15) is 47.2 Å². The number of anilines is 3. The van der Waals surface area contributed by atoms with E-state index in [1.807, 2.05) is 11.3 Å². The second-order valence-corrected chi connectivity index (χ2v) is 17.9. The largest absolute Gasteiger partial charge is 0.310 e. The molecule has 60 heavy (non-hydrogen) atoms. The monoisotopic (exact) mass is 783 g/mol. The first-order valence-electron chi connectivity index (χ1n) is 20.9. The molecule has 2 heteroatoms. The lowest BCUT2D eigenvalue weighted by Crippen LogP contribution is -2.40. The molecule has 0 amide bonds. The van der Waals surface area contributed by atoms with Crippen molar-refractivity contribution in [3.63, 3.8) is 0 Å². The molecule has 0 saturated carbocycles. The van der Waals surface area contributed by atoms with Crippen molar-refractivity contribution in [1.82, 2.24) is 0 Å². The number of thiophene rings is 1. The Hall–Kier alpha value is -7.00. The van der Waals surface area contributed by atoms with Gasteiger partial charge in [-0.05, 0) is 115 Å². The highest BCUT2D eigenvalue weighted by atomic mass is 32.1. The van der Waals surface area contributed by atoms with Crippen molar-refractivity contribution in [1.29, 1.82) is 0 Å². The summed E-state index contributed by atoms with van der Waals surface area (Å²) >= 11 is 1.87. The van der Waals surface area contributed by atoms with Gasteiger partial charge in [0, 0.05) is 42.6 Å². The van der Waals surface area contributed by atoms with Crippen LogP contribution in [-0.4, -0.2) is 0 Å². The average molecular weight is 784 g/mol. The second-order valence-electron chi connectivity index (χ2n) is 16.8. The molecular formula is C58H41NS. The molecule has 12 rings (SSSR count). The summed E-state index contributed by atoms with van der Waals surface area (Å²) in [6.45, 7) is 4.83. The van der Waals surface area contributed by atoms with Gasteiger partial charge in [-0.25, -0.2) is 0 Å². The molecule has 0 radical (unpaired) electrons. The Morgan fingerprint density at radius 2 is 0.900 bits per heavy atom. The minimum Gasteiger partial charge on any atom is -0.310 e. The third kappa shape index (κ3) is 4.98. The molecule has 0 saturated heterocycles. The van der Waals surface area contributed by atoms with E-state index >= 15 is 0 Å². The van der Waals surface area contributed by atoms with Gasteiger partial charge in [-0.3, -0.25) is 0 Å². The summed E-state index contributed by atoms with van der Waals surface area (Å²) < 4.78 is 2.64. The molecule has 1 spiro atoms. The van der Waals surface area contributed by atoms with Crippen LogP contribution < -0.4 is 4.90 Å². The summed E-state index contributed by atoms with van der Waals surface area (Å²) in [5, 5.41) is 2.65. The highest BCUT2D eigenvalue weighted by Crippen LogP contribution is 2.62. The highest BCUT2D eigenvalue weighted by molar-refractivity contribution is 7.25. The molecule has 0 aliphatic heterocycles. The number of fused-ring (bicyclic) bond motifs is 12. The summed E-state index contributed by atoms with van der Waals surface area (Å²) in [6, 6.07) is 79.2. The van der Waals surface area contributed by atoms with Gasteiger partial charge in [-0.2, -0.15) is 0 Å². The first-order valence-corrected chi connectivity index (χ1v) is 21.7. The van der Waals surface area contributed by atoms with E-state index in [9.17, 15) is 0 Å². The van der Waals surface area contributed by atoms with Crippen LogP contribution in [-0.2, 0) is 10.8 Å². The van der Waals surface area contributed by atoms with Crippen molar-refractivity contribution in [3.8, 4) is 33.4 Å². The summed E-state index contributed by atoms with van der Waals surface area (Å²) in [7, 11) is 0. The Labute approximate surface area is 355 Å². The lowest BCUT2D eigenvalue weighted by atomic mass is 9.55. The lowest BCUT2D eigenvalue weighted by molar-refractivity contribution is 0.563. The lowest BCUT2D eigenvalue weighted by Gasteiger charge is -2.47.